The van der Waals surface area contributed by atoms with Crippen LogP contribution in [0.25, 0.3) is 5.65 Å². The standard InChI is InChI=1S/C13H15N5/c1-10(2)18-9-11(8-15-18)16-13-5-3-4-12-14-6-7-17(12)13/h3-10,16H,1-2H3. The number of imidazole rings is 1. The molecule has 0 radical (unpaired) electrons. The Morgan fingerprint density at radius 3 is 2.94 bits per heavy atom. The van der Waals surface area contributed by atoms with Crippen LogP contribution in [0.5, 0.6) is 0 Å². The molecule has 0 unspecified atom stereocenters. The summed E-state index contributed by atoms with van der Waals surface area (Å²) in [4.78, 5) is 4.26. The first kappa shape index (κ1) is 10.8. The summed E-state index contributed by atoms with van der Waals surface area (Å²) in [5, 5.41) is 7.66. The fraction of sp³-hybridized carbons (Fsp3) is 0.231. The number of nitrogens with zero attached hydrogens (tertiary/aromatic N) is 4. The Morgan fingerprint density at radius 1 is 1.28 bits per heavy atom. The summed E-state index contributed by atoms with van der Waals surface area (Å²) in [5.74, 6) is 0.980. The van der Waals surface area contributed by atoms with E-state index in [2.05, 4.69) is 29.2 Å². The first-order chi connectivity index (χ1) is 8.74. The molecule has 1 N–H and O–H groups in total. The van der Waals surface area contributed by atoms with E-state index < -0.39 is 0 Å². The van der Waals surface area contributed by atoms with E-state index in [1.54, 1.807) is 6.20 Å². The quantitative estimate of drug-likeness (QED) is 0.767. The zero-order valence-electron chi connectivity index (χ0n) is 10.4. The predicted molar refractivity (Wildman–Crippen MR) is 71.1 cm³/mol. The van der Waals surface area contributed by atoms with Crippen LogP contribution in [-0.4, -0.2) is 19.2 Å². The molecule has 0 fully saturated rings. The second-order valence-corrected chi connectivity index (χ2v) is 4.49. The Balaban J connectivity index is 1.93. The Kier molecular flexibility index (Phi) is 2.51. The number of hydrogen-bond acceptors (Lipinski definition) is 3. The van der Waals surface area contributed by atoms with Crippen molar-refractivity contribution in [1.29, 1.82) is 0 Å². The van der Waals surface area contributed by atoms with Gasteiger partial charge in [-0.1, -0.05) is 6.07 Å². The predicted octanol–water partition coefficient (Wildman–Crippen LogP) is 2.86. The van der Waals surface area contributed by atoms with Crippen LogP contribution in [0.4, 0.5) is 11.5 Å². The lowest BCUT2D eigenvalue weighted by Gasteiger charge is -2.07. The van der Waals surface area contributed by atoms with Crippen LogP contribution < -0.4 is 5.32 Å². The minimum atomic E-state index is 0.365. The second kappa shape index (κ2) is 4.18. The molecule has 0 aromatic carbocycles. The third-order valence-electron chi connectivity index (χ3n) is 2.83. The number of pyridine rings is 1. The largest absolute Gasteiger partial charge is 0.339 e. The topological polar surface area (TPSA) is 47.2 Å². The van der Waals surface area contributed by atoms with Crippen LogP contribution in [-0.2, 0) is 0 Å². The Labute approximate surface area is 105 Å². The molecule has 3 rings (SSSR count). The van der Waals surface area contributed by atoms with E-state index in [1.165, 1.54) is 0 Å². The van der Waals surface area contributed by atoms with Gasteiger partial charge in [0.25, 0.3) is 0 Å². The summed E-state index contributed by atoms with van der Waals surface area (Å²) in [6.45, 7) is 4.21. The summed E-state index contributed by atoms with van der Waals surface area (Å²) in [6, 6.07) is 6.34. The maximum absolute atomic E-state index is 4.31. The molecule has 0 aliphatic rings. The molecular formula is C13H15N5. The van der Waals surface area contributed by atoms with Gasteiger partial charge in [0.15, 0.2) is 0 Å². The van der Waals surface area contributed by atoms with Gasteiger partial charge >= 0.3 is 0 Å². The van der Waals surface area contributed by atoms with E-state index in [9.17, 15) is 0 Å². The molecule has 3 heterocycles. The molecule has 5 nitrogen and oxygen atoms in total. The highest BCUT2D eigenvalue weighted by Crippen LogP contribution is 2.18. The molecule has 0 aliphatic carbocycles. The van der Waals surface area contributed by atoms with Crippen LogP contribution in [0.3, 0.4) is 0 Å². The van der Waals surface area contributed by atoms with Crippen LogP contribution in [0.15, 0.2) is 43.0 Å². The van der Waals surface area contributed by atoms with Gasteiger partial charge in [0.2, 0.25) is 0 Å². The monoisotopic (exact) mass is 241 g/mol. The number of anilines is 2. The van der Waals surface area contributed by atoms with Gasteiger partial charge in [-0.3, -0.25) is 9.08 Å². The van der Waals surface area contributed by atoms with Crippen molar-refractivity contribution < 1.29 is 0 Å². The molecule has 3 aromatic rings. The molecule has 0 bridgehead atoms. The average molecular weight is 241 g/mol. The summed E-state index contributed by atoms with van der Waals surface area (Å²) in [6.07, 6.45) is 7.55. The number of aromatic nitrogens is 4. The third kappa shape index (κ3) is 1.84. The third-order valence-corrected chi connectivity index (χ3v) is 2.83. The summed E-state index contributed by atoms with van der Waals surface area (Å²) in [5.41, 5.74) is 1.90. The first-order valence-corrected chi connectivity index (χ1v) is 5.97. The molecule has 0 amide bonds. The highest BCUT2D eigenvalue weighted by Gasteiger charge is 2.04. The van der Waals surface area contributed by atoms with Crippen molar-refractivity contribution in [2.75, 3.05) is 5.32 Å². The van der Waals surface area contributed by atoms with Crippen molar-refractivity contribution >= 4 is 17.2 Å². The fourth-order valence-electron chi connectivity index (χ4n) is 1.88. The highest BCUT2D eigenvalue weighted by atomic mass is 15.3. The number of fused-ring (bicyclic) bond motifs is 1. The van der Waals surface area contributed by atoms with E-state index in [1.807, 2.05) is 45.9 Å². The molecule has 0 spiro atoms. The van der Waals surface area contributed by atoms with E-state index in [4.69, 9.17) is 0 Å². The van der Waals surface area contributed by atoms with Gasteiger partial charge in [0.1, 0.15) is 11.5 Å². The van der Waals surface area contributed by atoms with Gasteiger partial charge in [-0.25, -0.2) is 4.98 Å². The normalized spacial score (nSPS) is 11.3. The number of hydrogen-bond donors (Lipinski definition) is 1. The molecule has 18 heavy (non-hydrogen) atoms. The first-order valence-electron chi connectivity index (χ1n) is 5.97. The van der Waals surface area contributed by atoms with Crippen LogP contribution in [0.1, 0.15) is 19.9 Å². The Hall–Kier alpha value is -2.30. The second-order valence-electron chi connectivity index (χ2n) is 4.49. The summed E-state index contributed by atoms with van der Waals surface area (Å²) in [7, 11) is 0. The molecule has 92 valence electrons. The number of nitrogens with one attached hydrogen (secondary N) is 1. The maximum atomic E-state index is 4.31. The smallest absolute Gasteiger partial charge is 0.138 e. The van der Waals surface area contributed by atoms with E-state index in [0.717, 1.165) is 17.2 Å². The minimum absolute atomic E-state index is 0.365. The molecule has 0 saturated carbocycles. The lowest BCUT2D eigenvalue weighted by molar-refractivity contribution is 0.532. The summed E-state index contributed by atoms with van der Waals surface area (Å²) >= 11 is 0. The lowest BCUT2D eigenvalue weighted by Crippen LogP contribution is -2.00. The van der Waals surface area contributed by atoms with Crippen molar-refractivity contribution in [2.24, 2.45) is 0 Å². The average Bonchev–Trinajstić information content (AvgIpc) is 2.97. The molecule has 0 saturated heterocycles. The van der Waals surface area contributed by atoms with Crippen LogP contribution in [0, 0.1) is 0 Å². The maximum Gasteiger partial charge on any atom is 0.138 e. The summed E-state index contributed by atoms with van der Waals surface area (Å²) < 4.78 is 3.93. The lowest BCUT2D eigenvalue weighted by atomic mass is 10.4. The molecule has 0 atom stereocenters. The van der Waals surface area contributed by atoms with Gasteiger partial charge in [-0.2, -0.15) is 5.10 Å². The molecule has 3 aromatic heterocycles. The van der Waals surface area contributed by atoms with Gasteiger partial charge in [-0.15, -0.1) is 0 Å². The van der Waals surface area contributed by atoms with Gasteiger partial charge in [0.05, 0.1) is 11.9 Å². The molecule has 5 heteroatoms. The highest BCUT2D eigenvalue weighted by molar-refractivity contribution is 5.58. The number of rotatable bonds is 3. The fourth-order valence-corrected chi connectivity index (χ4v) is 1.88. The van der Waals surface area contributed by atoms with Crippen molar-refractivity contribution in [3.63, 3.8) is 0 Å². The van der Waals surface area contributed by atoms with E-state index in [0.29, 0.717) is 6.04 Å². The van der Waals surface area contributed by atoms with Gasteiger partial charge in [-0.05, 0) is 26.0 Å². The zero-order chi connectivity index (χ0) is 12.5. The van der Waals surface area contributed by atoms with Crippen LogP contribution in [0.2, 0.25) is 0 Å². The van der Waals surface area contributed by atoms with E-state index >= 15 is 0 Å². The van der Waals surface area contributed by atoms with Crippen molar-refractivity contribution in [3.8, 4) is 0 Å². The SMILES string of the molecule is CC(C)n1cc(Nc2cccc3nccn23)cn1. The zero-order valence-corrected chi connectivity index (χ0v) is 10.4. The van der Waals surface area contributed by atoms with Crippen molar-refractivity contribution in [3.05, 3.63) is 43.0 Å². The Bertz CT molecular complexity index is 665. The Morgan fingerprint density at radius 2 is 2.17 bits per heavy atom. The van der Waals surface area contributed by atoms with Gasteiger partial charge < -0.3 is 5.32 Å². The molecular weight excluding hydrogens is 226 g/mol. The van der Waals surface area contributed by atoms with E-state index in [-0.39, 0.29) is 0 Å². The van der Waals surface area contributed by atoms with Crippen LogP contribution >= 0.6 is 0 Å². The molecule has 0 aliphatic heterocycles. The van der Waals surface area contributed by atoms with Crippen molar-refractivity contribution in [2.45, 2.75) is 19.9 Å². The van der Waals surface area contributed by atoms with Gasteiger partial charge in [0, 0.05) is 24.6 Å². The van der Waals surface area contributed by atoms with Crippen molar-refractivity contribution in [1.82, 2.24) is 19.2 Å². The minimum Gasteiger partial charge on any atom is -0.339 e.